The van der Waals surface area contributed by atoms with Crippen LogP contribution in [0.2, 0.25) is 0 Å². The van der Waals surface area contributed by atoms with Crippen LogP contribution in [0.4, 0.5) is 11.4 Å². The van der Waals surface area contributed by atoms with Crippen LogP contribution in [0, 0.1) is 10.1 Å². The van der Waals surface area contributed by atoms with Crippen molar-refractivity contribution in [2.24, 2.45) is 0 Å². The molecule has 0 aliphatic carbocycles. The van der Waals surface area contributed by atoms with Gasteiger partial charge in [0.15, 0.2) is 0 Å². The molecule has 1 atom stereocenters. The molecule has 3 aromatic carbocycles. The van der Waals surface area contributed by atoms with Crippen LogP contribution in [0.3, 0.4) is 0 Å². The lowest BCUT2D eigenvalue weighted by molar-refractivity contribution is -0.384. The van der Waals surface area contributed by atoms with Gasteiger partial charge < -0.3 is 24.7 Å². The van der Waals surface area contributed by atoms with Gasteiger partial charge in [0.05, 0.1) is 47.1 Å². The van der Waals surface area contributed by atoms with E-state index in [1.807, 2.05) is 6.92 Å². The van der Waals surface area contributed by atoms with E-state index in [0.29, 0.717) is 52.8 Å². The summed E-state index contributed by atoms with van der Waals surface area (Å²) >= 11 is 0. The predicted octanol–water partition coefficient (Wildman–Crippen LogP) is 10.4. The van der Waals surface area contributed by atoms with Crippen molar-refractivity contribution in [2.45, 2.75) is 110 Å². The van der Waals surface area contributed by atoms with Gasteiger partial charge in [-0.3, -0.25) is 10.1 Å². The maximum atomic E-state index is 12.8. The van der Waals surface area contributed by atoms with E-state index in [1.54, 1.807) is 54.6 Å². The number of nitrogens with two attached hydrogens (primary N) is 1. The number of hydrogen-bond donors (Lipinski definition) is 1. The first kappa shape index (κ1) is 40.6. The van der Waals surface area contributed by atoms with E-state index in [-0.39, 0.29) is 17.8 Å². The van der Waals surface area contributed by atoms with Crippen LogP contribution in [0.15, 0.2) is 73.3 Å². The molecule has 0 saturated heterocycles. The minimum Gasteiger partial charge on any atom is -0.494 e. The fraction of sp³-hybridized carbons (Fsp3) is 0.463. The number of carbonyl (C=O) groups excluding carboxylic acids is 2. The van der Waals surface area contributed by atoms with Crippen molar-refractivity contribution >= 4 is 23.3 Å². The lowest BCUT2D eigenvalue weighted by atomic mass is 10.0. The molecular formula is C41H54N2O8. The molecule has 10 heteroatoms. The molecule has 276 valence electrons. The highest BCUT2D eigenvalue weighted by atomic mass is 16.6. The second-order valence-electron chi connectivity index (χ2n) is 12.8. The third kappa shape index (κ3) is 14.9. The van der Waals surface area contributed by atoms with Gasteiger partial charge in [0.1, 0.15) is 17.2 Å². The topological polar surface area (TPSA) is 140 Å². The average molecular weight is 703 g/mol. The third-order valence-electron chi connectivity index (χ3n) is 8.55. The summed E-state index contributed by atoms with van der Waals surface area (Å²) in [6.45, 7) is 8.57. The molecule has 51 heavy (non-hydrogen) atoms. The smallest absolute Gasteiger partial charge is 0.343 e. The number of carbonyl (C=O) groups is 2. The Balaban J connectivity index is 1.40. The van der Waals surface area contributed by atoms with Crippen LogP contribution < -0.4 is 19.9 Å². The van der Waals surface area contributed by atoms with Crippen LogP contribution in [0.25, 0.3) is 11.1 Å². The maximum Gasteiger partial charge on any atom is 0.343 e. The number of ether oxygens (including phenoxy) is 4. The quantitative estimate of drug-likeness (QED) is 0.0174. The Morgan fingerprint density at radius 3 is 2.02 bits per heavy atom. The van der Waals surface area contributed by atoms with Crippen molar-refractivity contribution in [3.05, 3.63) is 89.0 Å². The van der Waals surface area contributed by atoms with E-state index >= 15 is 0 Å². The molecular weight excluding hydrogens is 648 g/mol. The minimum atomic E-state index is -0.546. The zero-order valence-corrected chi connectivity index (χ0v) is 30.2. The third-order valence-corrected chi connectivity index (χ3v) is 8.55. The fourth-order valence-corrected chi connectivity index (χ4v) is 5.62. The lowest BCUT2D eigenvalue weighted by Crippen LogP contribution is -2.13. The predicted molar refractivity (Wildman–Crippen MR) is 201 cm³/mol. The summed E-state index contributed by atoms with van der Waals surface area (Å²) in [5.74, 6) is 0.479. The van der Waals surface area contributed by atoms with Crippen molar-refractivity contribution in [1.29, 1.82) is 0 Å². The zero-order valence-electron chi connectivity index (χ0n) is 30.2. The molecule has 0 amide bonds. The number of unbranched alkanes of at least 4 members (excludes halogenated alkanes) is 11. The van der Waals surface area contributed by atoms with Gasteiger partial charge in [-0.25, -0.2) is 9.59 Å². The minimum absolute atomic E-state index is 0.119. The Hall–Kier alpha value is -4.86. The summed E-state index contributed by atoms with van der Waals surface area (Å²) in [4.78, 5) is 35.4. The Kier molecular flexibility index (Phi) is 18.1. The summed E-state index contributed by atoms with van der Waals surface area (Å²) in [7, 11) is 0. The van der Waals surface area contributed by atoms with Crippen molar-refractivity contribution in [3.8, 4) is 28.4 Å². The second kappa shape index (κ2) is 22.8. The Morgan fingerprint density at radius 1 is 0.824 bits per heavy atom. The monoisotopic (exact) mass is 702 g/mol. The first-order chi connectivity index (χ1) is 24.7. The van der Waals surface area contributed by atoms with Gasteiger partial charge in [0, 0.05) is 6.08 Å². The summed E-state index contributed by atoms with van der Waals surface area (Å²) in [6, 6.07) is 16.3. The summed E-state index contributed by atoms with van der Waals surface area (Å²) < 4.78 is 22.3. The van der Waals surface area contributed by atoms with Gasteiger partial charge >= 0.3 is 11.9 Å². The number of nitrogen functional groups attached to an aromatic ring is 1. The van der Waals surface area contributed by atoms with Crippen LogP contribution in [0.1, 0.15) is 114 Å². The average Bonchev–Trinajstić information content (AvgIpc) is 3.13. The van der Waals surface area contributed by atoms with Crippen molar-refractivity contribution < 1.29 is 33.5 Å². The van der Waals surface area contributed by atoms with Crippen molar-refractivity contribution in [2.75, 3.05) is 18.9 Å². The van der Waals surface area contributed by atoms with Crippen LogP contribution in [0.5, 0.6) is 17.2 Å². The highest BCUT2D eigenvalue weighted by molar-refractivity contribution is 5.92. The maximum absolute atomic E-state index is 12.8. The Labute approximate surface area is 302 Å². The molecule has 10 nitrogen and oxygen atoms in total. The van der Waals surface area contributed by atoms with Gasteiger partial charge in [-0.15, -0.1) is 0 Å². The van der Waals surface area contributed by atoms with Gasteiger partial charge in [-0.05, 0) is 80.6 Å². The molecule has 0 unspecified atom stereocenters. The summed E-state index contributed by atoms with van der Waals surface area (Å²) in [5, 5.41) is 12.0. The number of nitro benzene ring substituents is 1. The molecule has 0 spiro atoms. The van der Waals surface area contributed by atoms with E-state index in [1.165, 1.54) is 44.2 Å². The van der Waals surface area contributed by atoms with Gasteiger partial charge in [-0.1, -0.05) is 89.8 Å². The van der Waals surface area contributed by atoms with E-state index in [4.69, 9.17) is 24.7 Å². The molecule has 0 aliphatic heterocycles. The molecule has 3 aromatic rings. The molecule has 0 heterocycles. The molecule has 0 bridgehead atoms. The largest absolute Gasteiger partial charge is 0.494 e. The molecule has 0 saturated carbocycles. The molecule has 0 aromatic heterocycles. The normalized spacial score (nSPS) is 11.4. The molecule has 0 fully saturated rings. The van der Waals surface area contributed by atoms with Gasteiger partial charge in [-0.2, -0.15) is 0 Å². The Bertz CT molecular complexity index is 1520. The van der Waals surface area contributed by atoms with Crippen molar-refractivity contribution in [1.82, 2.24) is 0 Å². The van der Waals surface area contributed by atoms with Crippen LogP contribution in [-0.2, 0) is 9.53 Å². The summed E-state index contributed by atoms with van der Waals surface area (Å²) in [5.41, 5.74) is 7.64. The van der Waals surface area contributed by atoms with Gasteiger partial charge in [0.25, 0.3) is 5.69 Å². The zero-order chi connectivity index (χ0) is 36.8. The standard InChI is InChI=1S/C41H54N2O8/c1-4-6-7-15-18-31(3)50-39-30-38(43(46)47)36(29-37(39)42)32-19-21-33(22-20-32)41(45)51-35-25-23-34(24-26-35)48-27-16-13-11-9-8-10-12-14-17-28-49-40(44)5-2/h5,19-26,29-31H,2,4,6-18,27-28,42H2,1,3H3/t31-/m1/s1. The summed E-state index contributed by atoms with van der Waals surface area (Å²) in [6.07, 6.45) is 16.3. The van der Waals surface area contributed by atoms with Crippen molar-refractivity contribution in [3.63, 3.8) is 0 Å². The number of hydrogen-bond acceptors (Lipinski definition) is 9. The number of anilines is 1. The lowest BCUT2D eigenvalue weighted by Gasteiger charge is -2.17. The molecule has 3 rings (SSSR count). The molecule has 2 N–H and O–H groups in total. The molecule has 0 aliphatic rings. The number of esters is 2. The Morgan fingerprint density at radius 2 is 1.41 bits per heavy atom. The SMILES string of the molecule is C=CC(=O)OCCCCCCCCCCCOc1ccc(OC(=O)c2ccc(-c3cc(N)c(O[C@H](C)CCCCCC)cc3[N+](=O)[O-])cc2)cc1. The van der Waals surface area contributed by atoms with Crippen LogP contribution >= 0.6 is 0 Å². The highest BCUT2D eigenvalue weighted by Crippen LogP contribution is 2.38. The van der Waals surface area contributed by atoms with E-state index < -0.39 is 10.9 Å². The van der Waals surface area contributed by atoms with E-state index in [0.717, 1.165) is 57.8 Å². The van der Waals surface area contributed by atoms with Crippen LogP contribution in [-0.4, -0.2) is 36.2 Å². The first-order valence-corrected chi connectivity index (χ1v) is 18.3. The van der Waals surface area contributed by atoms with Gasteiger partial charge in [0.2, 0.25) is 0 Å². The van der Waals surface area contributed by atoms with E-state index in [2.05, 4.69) is 13.5 Å². The number of nitrogens with zero attached hydrogens (tertiary/aromatic N) is 1. The number of rotatable bonds is 25. The molecule has 0 radical (unpaired) electrons. The highest BCUT2D eigenvalue weighted by Gasteiger charge is 2.21. The second-order valence-corrected chi connectivity index (χ2v) is 12.8. The van der Waals surface area contributed by atoms with E-state index in [9.17, 15) is 19.7 Å². The number of benzene rings is 3. The first-order valence-electron chi connectivity index (χ1n) is 18.3. The fourth-order valence-electron chi connectivity index (χ4n) is 5.62. The number of nitro groups is 1.